The summed E-state index contributed by atoms with van der Waals surface area (Å²) >= 11 is 3.41. The van der Waals surface area contributed by atoms with E-state index in [-0.39, 0.29) is 5.91 Å². The van der Waals surface area contributed by atoms with E-state index in [0.29, 0.717) is 17.9 Å². The molecule has 4 nitrogen and oxygen atoms in total. The van der Waals surface area contributed by atoms with Crippen molar-refractivity contribution in [3.63, 3.8) is 0 Å². The summed E-state index contributed by atoms with van der Waals surface area (Å²) in [4.78, 5) is 12.8. The SMILES string of the molecule is CC1=NN(c2ccc(Br)cc2)C(=O)/C1=C/c1ccc(OCc2ccccc2)cc1. The van der Waals surface area contributed by atoms with Crippen LogP contribution in [0.2, 0.25) is 0 Å². The van der Waals surface area contributed by atoms with Crippen LogP contribution in [0.25, 0.3) is 6.08 Å². The molecule has 3 aromatic rings. The fraction of sp³-hybridized carbons (Fsp3) is 0.0833. The van der Waals surface area contributed by atoms with Crippen LogP contribution in [0.3, 0.4) is 0 Å². The fourth-order valence-corrected chi connectivity index (χ4v) is 3.27. The summed E-state index contributed by atoms with van der Waals surface area (Å²) in [6.45, 7) is 2.37. The van der Waals surface area contributed by atoms with Crippen LogP contribution in [0, 0.1) is 0 Å². The lowest BCUT2D eigenvalue weighted by Crippen LogP contribution is -2.21. The van der Waals surface area contributed by atoms with Crippen LogP contribution in [0.5, 0.6) is 5.75 Å². The van der Waals surface area contributed by atoms with E-state index in [1.165, 1.54) is 5.01 Å². The lowest BCUT2D eigenvalue weighted by Gasteiger charge is -2.11. The Hall–Kier alpha value is -3.18. The first-order valence-corrected chi connectivity index (χ1v) is 10.0. The van der Waals surface area contributed by atoms with E-state index in [1.54, 1.807) is 0 Å². The standard InChI is InChI=1S/C24H19BrN2O2/c1-17-23(24(28)27(26-17)21-11-9-20(25)10-12-21)15-18-7-13-22(14-8-18)29-16-19-5-3-2-4-6-19/h2-15H,16H2,1H3/b23-15+. The summed E-state index contributed by atoms with van der Waals surface area (Å²) in [5, 5.41) is 5.86. The Kier molecular flexibility index (Phi) is 5.58. The molecule has 4 rings (SSSR count). The third-order valence-corrected chi connectivity index (χ3v) is 5.10. The van der Waals surface area contributed by atoms with Crippen LogP contribution in [0.4, 0.5) is 5.69 Å². The normalized spacial score (nSPS) is 15.0. The van der Waals surface area contributed by atoms with Crippen molar-refractivity contribution in [3.05, 3.63) is 100 Å². The second-order valence-electron chi connectivity index (χ2n) is 6.68. The third-order valence-electron chi connectivity index (χ3n) is 4.57. The first-order chi connectivity index (χ1) is 14.1. The minimum Gasteiger partial charge on any atom is -0.489 e. The number of benzene rings is 3. The molecule has 0 atom stereocenters. The predicted octanol–water partition coefficient (Wildman–Crippen LogP) is 5.83. The lowest BCUT2D eigenvalue weighted by molar-refractivity contribution is -0.114. The van der Waals surface area contributed by atoms with Crippen molar-refractivity contribution in [2.45, 2.75) is 13.5 Å². The second kappa shape index (κ2) is 8.45. The summed E-state index contributed by atoms with van der Waals surface area (Å²) in [7, 11) is 0. The van der Waals surface area contributed by atoms with Crippen LogP contribution in [0.15, 0.2) is 94.0 Å². The summed E-state index contributed by atoms with van der Waals surface area (Å²) < 4.78 is 6.78. The molecular formula is C24H19BrN2O2. The number of amides is 1. The highest BCUT2D eigenvalue weighted by atomic mass is 79.9. The zero-order valence-corrected chi connectivity index (χ0v) is 17.5. The number of ether oxygens (including phenoxy) is 1. The lowest BCUT2D eigenvalue weighted by atomic mass is 10.1. The topological polar surface area (TPSA) is 41.9 Å². The molecule has 0 saturated heterocycles. The van der Waals surface area contributed by atoms with Crippen molar-refractivity contribution in [1.29, 1.82) is 0 Å². The van der Waals surface area contributed by atoms with Gasteiger partial charge in [-0.15, -0.1) is 0 Å². The maximum absolute atomic E-state index is 12.8. The second-order valence-corrected chi connectivity index (χ2v) is 7.60. The number of nitrogens with zero attached hydrogens (tertiary/aromatic N) is 2. The van der Waals surface area contributed by atoms with Gasteiger partial charge in [-0.1, -0.05) is 58.4 Å². The highest BCUT2D eigenvalue weighted by Gasteiger charge is 2.28. The number of hydrazone groups is 1. The van der Waals surface area contributed by atoms with Gasteiger partial charge in [-0.3, -0.25) is 4.79 Å². The monoisotopic (exact) mass is 446 g/mol. The predicted molar refractivity (Wildman–Crippen MR) is 120 cm³/mol. The minimum absolute atomic E-state index is 0.130. The zero-order chi connectivity index (χ0) is 20.2. The van der Waals surface area contributed by atoms with Crippen LogP contribution in [-0.4, -0.2) is 11.6 Å². The number of carbonyl (C=O) groups is 1. The van der Waals surface area contributed by atoms with E-state index >= 15 is 0 Å². The van der Waals surface area contributed by atoms with Gasteiger partial charge in [0.05, 0.1) is 17.0 Å². The van der Waals surface area contributed by atoms with Gasteiger partial charge in [0.15, 0.2) is 0 Å². The van der Waals surface area contributed by atoms with Crippen molar-refractivity contribution in [1.82, 2.24) is 0 Å². The van der Waals surface area contributed by atoms with Crippen molar-refractivity contribution in [3.8, 4) is 5.75 Å². The summed E-state index contributed by atoms with van der Waals surface area (Å²) in [6, 6.07) is 25.2. The Labute approximate surface area is 178 Å². The first-order valence-electron chi connectivity index (χ1n) is 9.24. The van der Waals surface area contributed by atoms with Gasteiger partial charge in [0.25, 0.3) is 5.91 Å². The Balaban J connectivity index is 1.47. The molecule has 0 saturated carbocycles. The molecule has 1 heterocycles. The number of hydrogen-bond acceptors (Lipinski definition) is 3. The number of halogens is 1. The van der Waals surface area contributed by atoms with Gasteiger partial charge in [-0.2, -0.15) is 10.1 Å². The number of carbonyl (C=O) groups excluding carboxylic acids is 1. The summed E-state index contributed by atoms with van der Waals surface area (Å²) in [5.41, 5.74) is 4.07. The molecule has 144 valence electrons. The molecule has 0 aromatic heterocycles. The smallest absolute Gasteiger partial charge is 0.280 e. The highest BCUT2D eigenvalue weighted by Crippen LogP contribution is 2.26. The molecule has 0 fully saturated rings. The number of hydrogen-bond donors (Lipinski definition) is 0. The summed E-state index contributed by atoms with van der Waals surface area (Å²) in [6.07, 6.45) is 1.86. The van der Waals surface area contributed by atoms with Gasteiger partial charge in [0, 0.05) is 4.47 Å². The van der Waals surface area contributed by atoms with Gasteiger partial charge in [-0.25, -0.2) is 0 Å². The van der Waals surface area contributed by atoms with E-state index in [1.807, 2.05) is 91.9 Å². The molecule has 5 heteroatoms. The fourth-order valence-electron chi connectivity index (χ4n) is 3.01. The molecule has 0 unspecified atom stereocenters. The quantitative estimate of drug-likeness (QED) is 0.462. The molecule has 0 bridgehead atoms. The molecule has 0 spiro atoms. The third kappa shape index (κ3) is 4.46. The molecule has 3 aromatic carbocycles. The molecule has 1 aliphatic rings. The molecule has 0 radical (unpaired) electrons. The molecular weight excluding hydrogens is 428 g/mol. The van der Waals surface area contributed by atoms with Gasteiger partial charge in [-0.05, 0) is 60.5 Å². The largest absolute Gasteiger partial charge is 0.489 e. The Morgan fingerprint density at radius 2 is 1.66 bits per heavy atom. The van der Waals surface area contributed by atoms with Crippen LogP contribution in [0.1, 0.15) is 18.1 Å². The van der Waals surface area contributed by atoms with Crippen LogP contribution < -0.4 is 9.75 Å². The van der Waals surface area contributed by atoms with Gasteiger partial charge < -0.3 is 4.74 Å². The number of anilines is 1. The van der Waals surface area contributed by atoms with Crippen molar-refractivity contribution in [2.24, 2.45) is 5.10 Å². The van der Waals surface area contributed by atoms with Gasteiger partial charge in [0.2, 0.25) is 0 Å². The van der Waals surface area contributed by atoms with Crippen molar-refractivity contribution in [2.75, 3.05) is 5.01 Å². The van der Waals surface area contributed by atoms with Crippen LogP contribution in [-0.2, 0) is 11.4 Å². The van der Waals surface area contributed by atoms with Crippen LogP contribution >= 0.6 is 15.9 Å². The van der Waals surface area contributed by atoms with Gasteiger partial charge in [0.1, 0.15) is 12.4 Å². The average molecular weight is 447 g/mol. The van der Waals surface area contributed by atoms with E-state index in [2.05, 4.69) is 21.0 Å². The first kappa shape index (κ1) is 19.2. The Bertz CT molecular complexity index is 1070. The van der Waals surface area contributed by atoms with E-state index in [9.17, 15) is 4.79 Å². The van der Waals surface area contributed by atoms with Crippen molar-refractivity contribution < 1.29 is 9.53 Å². The Morgan fingerprint density at radius 1 is 0.966 bits per heavy atom. The molecule has 29 heavy (non-hydrogen) atoms. The Morgan fingerprint density at radius 3 is 2.34 bits per heavy atom. The number of rotatable bonds is 5. The molecule has 1 aliphatic heterocycles. The van der Waals surface area contributed by atoms with Crippen molar-refractivity contribution >= 4 is 39.3 Å². The van der Waals surface area contributed by atoms with E-state index in [4.69, 9.17) is 4.74 Å². The maximum atomic E-state index is 12.8. The average Bonchev–Trinajstić information content (AvgIpc) is 3.03. The van der Waals surface area contributed by atoms with E-state index < -0.39 is 0 Å². The van der Waals surface area contributed by atoms with E-state index in [0.717, 1.165) is 27.0 Å². The summed E-state index contributed by atoms with van der Waals surface area (Å²) in [5.74, 6) is 0.657. The maximum Gasteiger partial charge on any atom is 0.280 e. The van der Waals surface area contributed by atoms with Gasteiger partial charge >= 0.3 is 0 Å². The molecule has 0 N–H and O–H groups in total. The minimum atomic E-state index is -0.130. The highest BCUT2D eigenvalue weighted by molar-refractivity contribution is 9.10. The zero-order valence-electron chi connectivity index (χ0n) is 15.9. The molecule has 1 amide bonds. The molecule has 0 aliphatic carbocycles.